The van der Waals surface area contributed by atoms with Crippen molar-refractivity contribution in [2.75, 3.05) is 13.7 Å². The molecule has 0 aromatic heterocycles. The second kappa shape index (κ2) is 6.04. The summed E-state index contributed by atoms with van der Waals surface area (Å²) in [5, 5.41) is 17.9. The highest BCUT2D eigenvalue weighted by Gasteiger charge is 2.22. The molecule has 0 unspecified atom stereocenters. The summed E-state index contributed by atoms with van der Waals surface area (Å²) in [7, 11) is 1.30. The molecule has 1 aromatic carbocycles. The standard InChI is InChI=1S/C15H15NO3/c1-15(2,10-16)13-8-11(5-4-6-17)7-12(9-13)14(18)19-3/h7-9,17H,6H2,1-3H3. The van der Waals surface area contributed by atoms with E-state index >= 15 is 0 Å². The number of aliphatic hydroxyl groups excluding tert-OH is 1. The number of esters is 1. The van der Waals surface area contributed by atoms with Crippen molar-refractivity contribution in [3.05, 3.63) is 34.9 Å². The number of hydrogen-bond acceptors (Lipinski definition) is 4. The molecule has 0 spiro atoms. The van der Waals surface area contributed by atoms with Gasteiger partial charge in [-0.15, -0.1) is 0 Å². The summed E-state index contributed by atoms with van der Waals surface area (Å²) in [5.41, 5.74) is 0.848. The maximum Gasteiger partial charge on any atom is 0.337 e. The number of aliphatic hydroxyl groups is 1. The highest BCUT2D eigenvalue weighted by Crippen LogP contribution is 2.24. The van der Waals surface area contributed by atoms with E-state index in [0.717, 1.165) is 0 Å². The zero-order chi connectivity index (χ0) is 14.5. The zero-order valence-electron chi connectivity index (χ0n) is 11.2. The first-order valence-electron chi connectivity index (χ1n) is 5.69. The lowest BCUT2D eigenvalue weighted by atomic mass is 9.84. The fourth-order valence-corrected chi connectivity index (χ4v) is 1.50. The quantitative estimate of drug-likeness (QED) is 0.645. The van der Waals surface area contributed by atoms with Crippen LogP contribution in [-0.2, 0) is 10.2 Å². The van der Waals surface area contributed by atoms with Crippen LogP contribution in [0.3, 0.4) is 0 Å². The van der Waals surface area contributed by atoms with Gasteiger partial charge < -0.3 is 9.84 Å². The van der Waals surface area contributed by atoms with Gasteiger partial charge in [0.05, 0.1) is 24.2 Å². The van der Waals surface area contributed by atoms with Crippen molar-refractivity contribution in [1.29, 1.82) is 5.26 Å². The molecule has 0 fully saturated rings. The Bertz CT molecular complexity index is 586. The largest absolute Gasteiger partial charge is 0.465 e. The summed E-state index contributed by atoms with van der Waals surface area (Å²) in [6.07, 6.45) is 0. The Kier molecular flexibility index (Phi) is 4.69. The Balaban J connectivity index is 3.41. The molecule has 0 atom stereocenters. The van der Waals surface area contributed by atoms with Gasteiger partial charge in [0.2, 0.25) is 0 Å². The lowest BCUT2D eigenvalue weighted by Crippen LogP contribution is -2.15. The number of nitrogens with zero attached hydrogens (tertiary/aromatic N) is 1. The Morgan fingerprint density at radius 3 is 2.63 bits per heavy atom. The maximum atomic E-state index is 11.6. The molecule has 98 valence electrons. The third-order valence-electron chi connectivity index (χ3n) is 2.67. The van der Waals surface area contributed by atoms with E-state index in [-0.39, 0.29) is 6.61 Å². The van der Waals surface area contributed by atoms with Gasteiger partial charge in [0.15, 0.2) is 0 Å². The highest BCUT2D eigenvalue weighted by molar-refractivity contribution is 5.90. The summed E-state index contributed by atoms with van der Waals surface area (Å²) in [4.78, 5) is 11.6. The number of ether oxygens (including phenoxy) is 1. The third kappa shape index (κ3) is 3.58. The Morgan fingerprint density at radius 1 is 1.42 bits per heavy atom. The van der Waals surface area contributed by atoms with Gasteiger partial charge >= 0.3 is 5.97 Å². The monoisotopic (exact) mass is 257 g/mol. The predicted octanol–water partition coefficient (Wildman–Crippen LogP) is 1.62. The summed E-state index contributed by atoms with van der Waals surface area (Å²) >= 11 is 0. The first kappa shape index (κ1) is 14.8. The number of benzene rings is 1. The van der Waals surface area contributed by atoms with Crippen LogP contribution in [0.2, 0.25) is 0 Å². The van der Waals surface area contributed by atoms with Crippen LogP contribution in [0.15, 0.2) is 18.2 Å². The van der Waals surface area contributed by atoms with Gasteiger partial charge in [0.1, 0.15) is 6.61 Å². The average Bonchev–Trinajstić information content (AvgIpc) is 2.43. The molecule has 1 N–H and O–H groups in total. The van der Waals surface area contributed by atoms with Gasteiger partial charge in [-0.25, -0.2) is 4.79 Å². The van der Waals surface area contributed by atoms with E-state index in [1.54, 1.807) is 32.0 Å². The molecule has 0 amide bonds. The molecule has 4 nitrogen and oxygen atoms in total. The minimum atomic E-state index is -0.736. The van der Waals surface area contributed by atoms with E-state index in [1.807, 2.05) is 0 Å². The van der Waals surface area contributed by atoms with Crippen LogP contribution in [0.1, 0.15) is 35.3 Å². The number of carbonyl (C=O) groups excluding carboxylic acids is 1. The van der Waals surface area contributed by atoms with Gasteiger partial charge in [0, 0.05) is 5.56 Å². The van der Waals surface area contributed by atoms with Crippen LogP contribution < -0.4 is 0 Å². The number of carbonyl (C=O) groups is 1. The van der Waals surface area contributed by atoms with E-state index in [1.165, 1.54) is 7.11 Å². The fourth-order valence-electron chi connectivity index (χ4n) is 1.50. The van der Waals surface area contributed by atoms with E-state index in [9.17, 15) is 4.79 Å². The van der Waals surface area contributed by atoms with Gasteiger partial charge in [-0.05, 0) is 37.6 Å². The average molecular weight is 257 g/mol. The van der Waals surface area contributed by atoms with Crippen molar-refractivity contribution in [3.8, 4) is 17.9 Å². The number of methoxy groups -OCH3 is 1. The number of nitriles is 1. The SMILES string of the molecule is COC(=O)c1cc(C#CCO)cc(C(C)(C)C#N)c1. The molecule has 1 aromatic rings. The Hall–Kier alpha value is -2.30. The molecule has 0 saturated heterocycles. The molecule has 0 saturated carbocycles. The van der Waals surface area contributed by atoms with Gasteiger partial charge in [-0.2, -0.15) is 5.26 Å². The lowest BCUT2D eigenvalue weighted by Gasteiger charge is -2.17. The lowest BCUT2D eigenvalue weighted by molar-refractivity contribution is 0.0600. The minimum Gasteiger partial charge on any atom is -0.465 e. The summed E-state index contributed by atoms with van der Waals surface area (Å²) in [5.74, 6) is 4.77. The van der Waals surface area contributed by atoms with Crippen molar-refractivity contribution in [3.63, 3.8) is 0 Å². The molecular formula is C15H15NO3. The molecule has 0 aliphatic rings. The molecule has 4 heteroatoms. The predicted molar refractivity (Wildman–Crippen MR) is 70.4 cm³/mol. The molecule has 0 aliphatic carbocycles. The molecule has 0 bridgehead atoms. The van der Waals surface area contributed by atoms with Crippen molar-refractivity contribution in [2.45, 2.75) is 19.3 Å². The topological polar surface area (TPSA) is 70.3 Å². The summed E-state index contributed by atoms with van der Waals surface area (Å²) in [6.45, 7) is 3.25. The van der Waals surface area contributed by atoms with Crippen LogP contribution in [0.5, 0.6) is 0 Å². The molecule has 0 aliphatic heterocycles. The zero-order valence-corrected chi connectivity index (χ0v) is 11.2. The summed E-state index contributed by atoms with van der Waals surface area (Å²) < 4.78 is 4.68. The second-order valence-electron chi connectivity index (χ2n) is 4.49. The second-order valence-corrected chi connectivity index (χ2v) is 4.49. The van der Waals surface area contributed by atoms with Crippen molar-refractivity contribution in [1.82, 2.24) is 0 Å². The van der Waals surface area contributed by atoms with Crippen molar-refractivity contribution in [2.24, 2.45) is 0 Å². The molecule has 19 heavy (non-hydrogen) atoms. The van der Waals surface area contributed by atoms with E-state index in [4.69, 9.17) is 10.4 Å². The maximum absolute atomic E-state index is 11.6. The van der Waals surface area contributed by atoms with Crippen LogP contribution >= 0.6 is 0 Å². The van der Waals surface area contributed by atoms with E-state index < -0.39 is 11.4 Å². The first-order chi connectivity index (χ1) is 8.94. The summed E-state index contributed by atoms with van der Waals surface area (Å²) in [6, 6.07) is 7.11. The highest BCUT2D eigenvalue weighted by atomic mass is 16.5. The van der Waals surface area contributed by atoms with Crippen molar-refractivity contribution < 1.29 is 14.6 Å². The molecule has 0 heterocycles. The number of hydrogen-bond donors (Lipinski definition) is 1. The molecule has 0 radical (unpaired) electrons. The first-order valence-corrected chi connectivity index (χ1v) is 5.69. The smallest absolute Gasteiger partial charge is 0.337 e. The van der Waals surface area contributed by atoms with E-state index in [0.29, 0.717) is 16.7 Å². The fraction of sp³-hybridized carbons (Fsp3) is 0.333. The third-order valence-corrected chi connectivity index (χ3v) is 2.67. The van der Waals surface area contributed by atoms with Crippen LogP contribution in [-0.4, -0.2) is 24.8 Å². The van der Waals surface area contributed by atoms with E-state index in [2.05, 4.69) is 22.6 Å². The molecule has 1 rings (SSSR count). The Labute approximate surface area is 112 Å². The van der Waals surface area contributed by atoms with Gasteiger partial charge in [-0.3, -0.25) is 0 Å². The van der Waals surface area contributed by atoms with Crippen LogP contribution in [0.4, 0.5) is 0 Å². The van der Waals surface area contributed by atoms with Crippen molar-refractivity contribution >= 4 is 5.97 Å². The van der Waals surface area contributed by atoms with Crippen LogP contribution in [0.25, 0.3) is 0 Å². The minimum absolute atomic E-state index is 0.264. The number of rotatable bonds is 2. The molecular weight excluding hydrogens is 242 g/mol. The van der Waals surface area contributed by atoms with Gasteiger partial charge in [0.25, 0.3) is 0 Å². The normalized spacial score (nSPS) is 10.1. The van der Waals surface area contributed by atoms with Gasteiger partial charge in [-0.1, -0.05) is 11.8 Å². The Morgan fingerprint density at radius 2 is 2.11 bits per heavy atom. The van der Waals surface area contributed by atoms with Crippen LogP contribution in [0, 0.1) is 23.2 Å².